The summed E-state index contributed by atoms with van der Waals surface area (Å²) in [5.74, 6) is -2.62. The van der Waals surface area contributed by atoms with Crippen LogP contribution in [-0.2, 0) is 9.63 Å². The van der Waals surface area contributed by atoms with Gasteiger partial charge >= 0.3 is 5.97 Å². The Hall–Kier alpha value is -2.24. The lowest BCUT2D eigenvalue weighted by Gasteiger charge is -2.27. The molecule has 1 heterocycles. The van der Waals surface area contributed by atoms with Crippen LogP contribution < -0.4 is 0 Å². The lowest BCUT2D eigenvalue weighted by atomic mass is 9.86. The van der Waals surface area contributed by atoms with Gasteiger partial charge in [0, 0.05) is 0 Å². The normalized spacial score (nSPS) is 20.3. The van der Waals surface area contributed by atoms with Gasteiger partial charge in [0.15, 0.2) is 0 Å². The topological polar surface area (TPSA) is 63.7 Å². The van der Waals surface area contributed by atoms with Crippen molar-refractivity contribution in [1.82, 2.24) is 5.06 Å². The molecule has 0 unspecified atom stereocenters. The first kappa shape index (κ1) is 13.7. The summed E-state index contributed by atoms with van der Waals surface area (Å²) in [5, 5.41) is 0.364. The minimum Gasteiger partial charge on any atom is -0.326 e. The molecule has 0 bridgehead atoms. The molecule has 0 saturated heterocycles. The van der Waals surface area contributed by atoms with E-state index in [-0.39, 0.29) is 24.0 Å². The van der Waals surface area contributed by atoms with E-state index in [1.807, 2.05) is 0 Å². The Balaban J connectivity index is 1.79. The maximum Gasteiger partial charge on any atom is 0.370 e. The number of halogens is 1. The van der Waals surface area contributed by atoms with Crippen LogP contribution in [0.15, 0.2) is 24.3 Å². The second kappa shape index (κ2) is 4.95. The van der Waals surface area contributed by atoms with Gasteiger partial charge in [-0.15, -0.1) is 0 Å². The molecule has 5 nitrogen and oxygen atoms in total. The van der Waals surface area contributed by atoms with Gasteiger partial charge in [0.1, 0.15) is 0 Å². The standard InChI is InChI=1S/C15H14FNO4/c16-15(8-4-1-5-9-15)14(20)21-17-12(18)10-6-2-3-7-11(10)13(17)19/h2-3,6-7H,1,4-5,8-9H2. The minimum atomic E-state index is -2.10. The van der Waals surface area contributed by atoms with Crippen LogP contribution >= 0.6 is 0 Å². The van der Waals surface area contributed by atoms with E-state index in [0.717, 1.165) is 6.42 Å². The number of hydrogen-bond donors (Lipinski definition) is 0. The molecule has 1 saturated carbocycles. The summed E-state index contributed by atoms with van der Waals surface area (Å²) in [5.41, 5.74) is -1.79. The fourth-order valence-corrected chi connectivity index (χ4v) is 2.73. The molecule has 1 aromatic rings. The quantitative estimate of drug-likeness (QED) is 0.785. The molecule has 3 rings (SSSR count). The summed E-state index contributed by atoms with van der Waals surface area (Å²) in [7, 11) is 0. The van der Waals surface area contributed by atoms with Gasteiger partial charge in [-0.05, 0) is 37.8 Å². The van der Waals surface area contributed by atoms with E-state index in [1.165, 1.54) is 12.1 Å². The zero-order chi connectivity index (χ0) is 15.0. The van der Waals surface area contributed by atoms with Gasteiger partial charge in [-0.3, -0.25) is 9.59 Å². The largest absolute Gasteiger partial charge is 0.370 e. The molecule has 0 aromatic heterocycles. The van der Waals surface area contributed by atoms with E-state index >= 15 is 0 Å². The number of rotatable bonds is 2. The highest BCUT2D eigenvalue weighted by Crippen LogP contribution is 2.34. The van der Waals surface area contributed by atoms with Gasteiger partial charge in [0.05, 0.1) is 11.1 Å². The Morgan fingerprint density at radius 3 is 2.10 bits per heavy atom. The van der Waals surface area contributed by atoms with Crippen molar-refractivity contribution in [1.29, 1.82) is 0 Å². The predicted molar refractivity (Wildman–Crippen MR) is 70.0 cm³/mol. The number of amides is 2. The molecule has 1 aromatic carbocycles. The Morgan fingerprint density at radius 2 is 1.57 bits per heavy atom. The van der Waals surface area contributed by atoms with Gasteiger partial charge in [-0.2, -0.15) is 0 Å². The molecular formula is C15H14FNO4. The number of nitrogens with zero attached hydrogens (tertiary/aromatic N) is 1. The van der Waals surface area contributed by atoms with E-state index < -0.39 is 23.5 Å². The monoisotopic (exact) mass is 291 g/mol. The average molecular weight is 291 g/mol. The van der Waals surface area contributed by atoms with Gasteiger partial charge in [0.25, 0.3) is 11.8 Å². The average Bonchev–Trinajstić information content (AvgIpc) is 2.74. The summed E-state index contributed by atoms with van der Waals surface area (Å²) in [6.45, 7) is 0. The van der Waals surface area contributed by atoms with Crippen molar-refractivity contribution < 1.29 is 23.6 Å². The molecule has 1 aliphatic heterocycles. The maximum absolute atomic E-state index is 14.5. The summed E-state index contributed by atoms with van der Waals surface area (Å²) in [4.78, 5) is 40.8. The number of alkyl halides is 1. The van der Waals surface area contributed by atoms with Crippen molar-refractivity contribution in [3.63, 3.8) is 0 Å². The van der Waals surface area contributed by atoms with Gasteiger partial charge in [0.2, 0.25) is 5.67 Å². The van der Waals surface area contributed by atoms with Crippen molar-refractivity contribution in [3.8, 4) is 0 Å². The van der Waals surface area contributed by atoms with Crippen LogP contribution in [0.2, 0.25) is 0 Å². The second-order valence-electron chi connectivity index (χ2n) is 5.35. The van der Waals surface area contributed by atoms with Crippen LogP contribution in [0.5, 0.6) is 0 Å². The van der Waals surface area contributed by atoms with Crippen LogP contribution in [-0.4, -0.2) is 28.5 Å². The highest BCUT2D eigenvalue weighted by Gasteiger charge is 2.46. The number of benzene rings is 1. The first-order valence-corrected chi connectivity index (χ1v) is 6.92. The minimum absolute atomic E-state index is 0.0645. The molecule has 1 aliphatic carbocycles. The molecule has 110 valence electrons. The number of carbonyl (C=O) groups is 3. The molecule has 1 fully saturated rings. The zero-order valence-corrected chi connectivity index (χ0v) is 11.3. The molecule has 2 amide bonds. The third kappa shape index (κ3) is 2.20. The van der Waals surface area contributed by atoms with Gasteiger partial charge < -0.3 is 4.84 Å². The Morgan fingerprint density at radius 1 is 1.05 bits per heavy atom. The Kier molecular flexibility index (Phi) is 3.23. The van der Waals surface area contributed by atoms with Crippen molar-refractivity contribution in [2.45, 2.75) is 37.8 Å². The highest BCUT2D eigenvalue weighted by atomic mass is 19.1. The Bertz CT molecular complexity index is 587. The van der Waals surface area contributed by atoms with Crippen LogP contribution in [0, 0.1) is 0 Å². The summed E-state index contributed by atoms with van der Waals surface area (Å²) < 4.78 is 14.5. The molecule has 21 heavy (non-hydrogen) atoms. The van der Waals surface area contributed by atoms with E-state index in [1.54, 1.807) is 12.1 Å². The SMILES string of the molecule is O=C1c2ccccc2C(=O)N1OC(=O)C1(F)CCCCC1. The molecular weight excluding hydrogens is 277 g/mol. The van der Waals surface area contributed by atoms with Crippen molar-refractivity contribution >= 4 is 17.8 Å². The smallest absolute Gasteiger partial charge is 0.326 e. The summed E-state index contributed by atoms with van der Waals surface area (Å²) in [6, 6.07) is 6.14. The van der Waals surface area contributed by atoms with Crippen molar-refractivity contribution in [3.05, 3.63) is 35.4 Å². The third-order valence-electron chi connectivity index (χ3n) is 3.94. The van der Waals surface area contributed by atoms with Crippen LogP contribution in [0.4, 0.5) is 4.39 Å². The first-order valence-electron chi connectivity index (χ1n) is 6.92. The molecule has 2 aliphatic rings. The molecule has 0 radical (unpaired) electrons. The zero-order valence-electron chi connectivity index (χ0n) is 11.3. The van der Waals surface area contributed by atoms with Crippen molar-refractivity contribution in [2.24, 2.45) is 0 Å². The van der Waals surface area contributed by atoms with Gasteiger partial charge in [-0.1, -0.05) is 23.6 Å². The van der Waals surface area contributed by atoms with Crippen LogP contribution in [0.25, 0.3) is 0 Å². The first-order chi connectivity index (χ1) is 10.0. The number of hydrogen-bond acceptors (Lipinski definition) is 4. The van der Waals surface area contributed by atoms with Crippen LogP contribution in [0.1, 0.15) is 52.8 Å². The second-order valence-corrected chi connectivity index (χ2v) is 5.35. The van der Waals surface area contributed by atoms with Crippen molar-refractivity contribution in [2.75, 3.05) is 0 Å². The fraction of sp³-hybridized carbons (Fsp3) is 0.400. The lowest BCUT2D eigenvalue weighted by Crippen LogP contribution is -2.43. The number of hydroxylamine groups is 2. The molecule has 0 spiro atoms. The van der Waals surface area contributed by atoms with Crippen LogP contribution in [0.3, 0.4) is 0 Å². The maximum atomic E-state index is 14.5. The van der Waals surface area contributed by atoms with E-state index in [0.29, 0.717) is 17.9 Å². The summed E-state index contributed by atoms with van der Waals surface area (Å²) in [6.07, 6.45) is 2.18. The van der Waals surface area contributed by atoms with E-state index in [9.17, 15) is 18.8 Å². The Labute approximate surface area is 120 Å². The van der Waals surface area contributed by atoms with Gasteiger partial charge in [-0.25, -0.2) is 9.18 Å². The highest BCUT2D eigenvalue weighted by molar-refractivity contribution is 6.20. The lowest BCUT2D eigenvalue weighted by molar-refractivity contribution is -0.185. The molecule has 0 N–H and O–H groups in total. The third-order valence-corrected chi connectivity index (χ3v) is 3.94. The fourth-order valence-electron chi connectivity index (χ4n) is 2.73. The number of carbonyl (C=O) groups excluding carboxylic acids is 3. The summed E-state index contributed by atoms with van der Waals surface area (Å²) >= 11 is 0. The number of imide groups is 1. The predicted octanol–water partition coefficient (Wildman–Crippen LogP) is 2.41. The molecule has 6 heteroatoms. The van der Waals surface area contributed by atoms with E-state index in [2.05, 4.69) is 0 Å². The van der Waals surface area contributed by atoms with E-state index in [4.69, 9.17) is 4.84 Å². The number of fused-ring (bicyclic) bond motifs is 1. The molecule has 0 atom stereocenters.